The van der Waals surface area contributed by atoms with Crippen molar-refractivity contribution in [3.63, 3.8) is 0 Å². The molecule has 2 rings (SSSR count). The molecule has 0 aliphatic heterocycles. The third-order valence-corrected chi connectivity index (χ3v) is 3.65. The zero-order valence-electron chi connectivity index (χ0n) is 8.80. The first kappa shape index (κ1) is 11.7. The normalized spacial score (nSPS) is 16.4. The van der Waals surface area contributed by atoms with Crippen LogP contribution in [0.4, 0.5) is 5.69 Å². The maximum absolute atomic E-state index is 11.8. The molecule has 1 amide bonds. The molecule has 0 unspecified atom stereocenters. The molecule has 1 aliphatic carbocycles. The van der Waals surface area contributed by atoms with Gasteiger partial charge in [-0.15, -0.1) is 0 Å². The van der Waals surface area contributed by atoms with Crippen molar-refractivity contribution in [2.24, 2.45) is 5.92 Å². The molecular formula is C12H13Cl2NO. The molecule has 1 fully saturated rings. The van der Waals surface area contributed by atoms with Crippen LogP contribution in [0.2, 0.25) is 10.0 Å². The highest BCUT2D eigenvalue weighted by atomic mass is 35.5. The summed E-state index contributed by atoms with van der Waals surface area (Å²) in [4.78, 5) is 11.8. The van der Waals surface area contributed by atoms with E-state index >= 15 is 0 Å². The average molecular weight is 258 g/mol. The van der Waals surface area contributed by atoms with Crippen LogP contribution in [-0.2, 0) is 4.79 Å². The first-order chi connectivity index (χ1) is 7.66. The summed E-state index contributed by atoms with van der Waals surface area (Å²) < 4.78 is 0. The van der Waals surface area contributed by atoms with Gasteiger partial charge in [0.05, 0.1) is 10.0 Å². The van der Waals surface area contributed by atoms with Gasteiger partial charge in [0.15, 0.2) is 0 Å². The Balaban J connectivity index is 2.02. The number of hydrogen-bond acceptors (Lipinski definition) is 1. The molecule has 4 heteroatoms. The van der Waals surface area contributed by atoms with Gasteiger partial charge < -0.3 is 5.32 Å². The van der Waals surface area contributed by atoms with E-state index in [9.17, 15) is 4.79 Å². The molecule has 2 nitrogen and oxygen atoms in total. The molecule has 86 valence electrons. The molecule has 0 radical (unpaired) electrons. The number of rotatable bonds is 2. The predicted octanol–water partition coefficient (Wildman–Crippen LogP) is 4.12. The molecule has 16 heavy (non-hydrogen) atoms. The van der Waals surface area contributed by atoms with E-state index in [0.29, 0.717) is 15.7 Å². The summed E-state index contributed by atoms with van der Waals surface area (Å²) in [5.41, 5.74) is 0.714. The number of carbonyl (C=O) groups is 1. The van der Waals surface area contributed by atoms with Gasteiger partial charge in [-0.2, -0.15) is 0 Å². The first-order valence-electron chi connectivity index (χ1n) is 5.43. The zero-order chi connectivity index (χ0) is 11.5. The largest absolute Gasteiger partial charge is 0.326 e. The van der Waals surface area contributed by atoms with Crippen molar-refractivity contribution in [3.8, 4) is 0 Å². The van der Waals surface area contributed by atoms with Gasteiger partial charge in [-0.1, -0.05) is 36.0 Å². The first-order valence-corrected chi connectivity index (χ1v) is 6.18. The maximum Gasteiger partial charge on any atom is 0.227 e. The lowest BCUT2D eigenvalue weighted by Crippen LogP contribution is -2.20. The van der Waals surface area contributed by atoms with E-state index in [0.717, 1.165) is 25.7 Å². The number of amides is 1. The molecule has 0 bridgehead atoms. The molecular weight excluding hydrogens is 245 g/mol. The average Bonchev–Trinajstić information content (AvgIpc) is 2.77. The minimum atomic E-state index is 0.0934. The Labute approximate surface area is 105 Å². The van der Waals surface area contributed by atoms with E-state index in [1.54, 1.807) is 18.2 Å². The van der Waals surface area contributed by atoms with Gasteiger partial charge in [0.2, 0.25) is 5.91 Å². The van der Waals surface area contributed by atoms with Crippen molar-refractivity contribution in [1.29, 1.82) is 0 Å². The summed E-state index contributed by atoms with van der Waals surface area (Å²) in [5, 5.41) is 3.83. The van der Waals surface area contributed by atoms with Crippen LogP contribution in [-0.4, -0.2) is 5.91 Å². The van der Waals surface area contributed by atoms with Crippen LogP contribution in [0.5, 0.6) is 0 Å². The van der Waals surface area contributed by atoms with Crippen LogP contribution in [0.15, 0.2) is 18.2 Å². The number of benzene rings is 1. The highest BCUT2D eigenvalue weighted by Crippen LogP contribution is 2.28. The van der Waals surface area contributed by atoms with E-state index in [2.05, 4.69) is 5.32 Å². The van der Waals surface area contributed by atoms with E-state index in [-0.39, 0.29) is 11.8 Å². The topological polar surface area (TPSA) is 29.1 Å². The van der Waals surface area contributed by atoms with Gasteiger partial charge >= 0.3 is 0 Å². The van der Waals surface area contributed by atoms with Gasteiger partial charge in [0.1, 0.15) is 0 Å². The van der Waals surface area contributed by atoms with Crippen LogP contribution in [0.25, 0.3) is 0 Å². The van der Waals surface area contributed by atoms with Crippen molar-refractivity contribution in [3.05, 3.63) is 28.2 Å². The van der Waals surface area contributed by atoms with Gasteiger partial charge in [0.25, 0.3) is 0 Å². The third kappa shape index (κ3) is 2.69. The van der Waals surface area contributed by atoms with Crippen LogP contribution < -0.4 is 5.32 Å². The highest BCUT2D eigenvalue weighted by molar-refractivity contribution is 6.42. The summed E-state index contributed by atoms with van der Waals surface area (Å²) >= 11 is 11.7. The molecule has 1 aromatic rings. The van der Waals surface area contributed by atoms with E-state index in [1.807, 2.05) is 0 Å². The molecule has 1 saturated carbocycles. The number of nitrogens with one attached hydrogen (secondary N) is 1. The Morgan fingerprint density at radius 3 is 2.50 bits per heavy atom. The molecule has 0 aromatic heterocycles. The highest BCUT2D eigenvalue weighted by Gasteiger charge is 2.22. The van der Waals surface area contributed by atoms with Crippen LogP contribution >= 0.6 is 23.2 Å². The van der Waals surface area contributed by atoms with Gasteiger partial charge in [-0.25, -0.2) is 0 Å². The number of anilines is 1. The standard InChI is InChI=1S/C12H13Cl2NO/c13-10-6-5-9(7-11(10)14)15-12(16)8-3-1-2-4-8/h5-8H,1-4H2,(H,15,16). The van der Waals surface area contributed by atoms with E-state index < -0.39 is 0 Å². The van der Waals surface area contributed by atoms with Gasteiger partial charge in [-0.05, 0) is 31.0 Å². The molecule has 0 atom stereocenters. The smallest absolute Gasteiger partial charge is 0.227 e. The minimum absolute atomic E-state index is 0.0934. The number of carbonyl (C=O) groups excluding carboxylic acids is 1. The third-order valence-electron chi connectivity index (χ3n) is 2.91. The van der Waals surface area contributed by atoms with Crippen LogP contribution in [0.1, 0.15) is 25.7 Å². The fraction of sp³-hybridized carbons (Fsp3) is 0.417. The second-order valence-electron chi connectivity index (χ2n) is 4.10. The molecule has 0 saturated heterocycles. The maximum atomic E-state index is 11.8. The van der Waals surface area contributed by atoms with Gasteiger partial charge in [0, 0.05) is 11.6 Å². The summed E-state index contributed by atoms with van der Waals surface area (Å²) in [6.07, 6.45) is 4.29. The Morgan fingerprint density at radius 1 is 1.19 bits per heavy atom. The van der Waals surface area contributed by atoms with Gasteiger partial charge in [-0.3, -0.25) is 4.79 Å². The van der Waals surface area contributed by atoms with E-state index in [1.165, 1.54) is 0 Å². The van der Waals surface area contributed by atoms with E-state index in [4.69, 9.17) is 23.2 Å². The lowest BCUT2D eigenvalue weighted by atomic mass is 10.1. The minimum Gasteiger partial charge on any atom is -0.326 e. The Morgan fingerprint density at radius 2 is 1.88 bits per heavy atom. The quantitative estimate of drug-likeness (QED) is 0.849. The summed E-state index contributed by atoms with van der Waals surface area (Å²) in [5.74, 6) is 0.255. The van der Waals surface area contributed by atoms with Crippen molar-refractivity contribution in [2.75, 3.05) is 5.32 Å². The molecule has 1 aliphatic rings. The number of halogens is 2. The predicted molar refractivity (Wildman–Crippen MR) is 67.0 cm³/mol. The fourth-order valence-corrected chi connectivity index (χ4v) is 2.30. The molecule has 0 spiro atoms. The van der Waals surface area contributed by atoms with Crippen molar-refractivity contribution in [1.82, 2.24) is 0 Å². The zero-order valence-corrected chi connectivity index (χ0v) is 10.3. The SMILES string of the molecule is O=C(Nc1ccc(Cl)c(Cl)c1)C1CCCC1. The Kier molecular flexibility index (Phi) is 3.72. The Hall–Kier alpha value is -0.730. The van der Waals surface area contributed by atoms with Crippen LogP contribution in [0.3, 0.4) is 0 Å². The van der Waals surface area contributed by atoms with Crippen molar-refractivity contribution in [2.45, 2.75) is 25.7 Å². The lowest BCUT2D eigenvalue weighted by molar-refractivity contribution is -0.119. The van der Waals surface area contributed by atoms with Crippen molar-refractivity contribution < 1.29 is 4.79 Å². The fourth-order valence-electron chi connectivity index (χ4n) is 2.01. The summed E-state index contributed by atoms with van der Waals surface area (Å²) in [6.45, 7) is 0. The van der Waals surface area contributed by atoms with Crippen LogP contribution in [0, 0.1) is 5.92 Å². The summed E-state index contributed by atoms with van der Waals surface area (Å²) in [6, 6.07) is 5.13. The lowest BCUT2D eigenvalue weighted by Gasteiger charge is -2.10. The van der Waals surface area contributed by atoms with Crippen molar-refractivity contribution >= 4 is 34.8 Å². The molecule has 0 heterocycles. The molecule has 1 N–H and O–H groups in total. The number of hydrogen-bond donors (Lipinski definition) is 1. The second-order valence-corrected chi connectivity index (χ2v) is 4.91. The molecule has 1 aromatic carbocycles. The summed E-state index contributed by atoms with van der Waals surface area (Å²) in [7, 11) is 0. The second kappa shape index (κ2) is 5.07. The Bertz CT molecular complexity index is 400. The monoisotopic (exact) mass is 257 g/mol.